The quantitative estimate of drug-likeness (QED) is 0.843. The van der Waals surface area contributed by atoms with Crippen LogP contribution >= 0.6 is 0 Å². The molecule has 1 unspecified atom stereocenters. The molecule has 7 heteroatoms. The summed E-state index contributed by atoms with van der Waals surface area (Å²) in [5, 5.41) is 8.64. The van der Waals surface area contributed by atoms with E-state index in [0.717, 1.165) is 6.07 Å². The molecule has 3 nitrogen and oxygen atoms in total. The van der Waals surface area contributed by atoms with Gasteiger partial charge in [-0.3, -0.25) is 9.69 Å². The molecule has 1 atom stereocenters. The minimum Gasteiger partial charge on any atom is -0.480 e. The third-order valence-corrected chi connectivity index (χ3v) is 2.62. The Morgan fingerprint density at radius 1 is 1.37 bits per heavy atom. The number of benzene rings is 1. The molecule has 0 spiro atoms. The maximum absolute atomic E-state index is 13.5. The standard InChI is InChI=1S/C12H13F4NO2/c1-8(9-4-2-3-5-10(9)13)17(6-11(18)19)7-12(14,15)16/h2-5,8H,6-7H2,1H3,(H,18,19). The van der Waals surface area contributed by atoms with Crippen LogP contribution in [0.2, 0.25) is 0 Å². The zero-order valence-electron chi connectivity index (χ0n) is 10.1. The highest BCUT2D eigenvalue weighted by Crippen LogP contribution is 2.26. The van der Waals surface area contributed by atoms with Crippen molar-refractivity contribution >= 4 is 5.97 Å². The summed E-state index contributed by atoms with van der Waals surface area (Å²) in [6.45, 7) is -0.878. The fraction of sp³-hybridized carbons (Fsp3) is 0.417. The molecule has 0 saturated carbocycles. The van der Waals surface area contributed by atoms with Gasteiger partial charge in [0.1, 0.15) is 5.82 Å². The summed E-state index contributed by atoms with van der Waals surface area (Å²) in [7, 11) is 0. The van der Waals surface area contributed by atoms with E-state index < -0.39 is 37.1 Å². The van der Waals surface area contributed by atoms with Crippen LogP contribution in [0, 0.1) is 5.82 Å². The highest BCUT2D eigenvalue weighted by molar-refractivity contribution is 5.69. The van der Waals surface area contributed by atoms with Crippen molar-refractivity contribution in [3.05, 3.63) is 35.6 Å². The summed E-state index contributed by atoms with van der Waals surface area (Å²) in [6, 6.07) is 4.38. The van der Waals surface area contributed by atoms with E-state index in [1.165, 1.54) is 25.1 Å². The minimum atomic E-state index is -4.55. The van der Waals surface area contributed by atoms with Gasteiger partial charge in [-0.25, -0.2) is 4.39 Å². The Morgan fingerprint density at radius 2 is 1.95 bits per heavy atom. The number of carboxylic acids is 1. The van der Waals surface area contributed by atoms with E-state index in [9.17, 15) is 22.4 Å². The average molecular weight is 279 g/mol. The van der Waals surface area contributed by atoms with Crippen LogP contribution < -0.4 is 0 Å². The van der Waals surface area contributed by atoms with Gasteiger partial charge in [0.25, 0.3) is 0 Å². The largest absolute Gasteiger partial charge is 0.480 e. The second-order valence-electron chi connectivity index (χ2n) is 4.11. The van der Waals surface area contributed by atoms with Crippen molar-refractivity contribution in [2.75, 3.05) is 13.1 Å². The van der Waals surface area contributed by atoms with Gasteiger partial charge in [0.05, 0.1) is 13.1 Å². The first-order valence-electron chi connectivity index (χ1n) is 5.47. The lowest BCUT2D eigenvalue weighted by Gasteiger charge is -2.28. The highest BCUT2D eigenvalue weighted by atomic mass is 19.4. The molecule has 0 saturated heterocycles. The number of halogens is 4. The Balaban J connectivity index is 2.97. The summed E-state index contributed by atoms with van der Waals surface area (Å²) in [5.74, 6) is -2.06. The van der Waals surface area contributed by atoms with Gasteiger partial charge < -0.3 is 5.11 Å². The van der Waals surface area contributed by atoms with Crippen LogP contribution in [0.1, 0.15) is 18.5 Å². The molecule has 106 valence electrons. The van der Waals surface area contributed by atoms with Crippen LogP contribution in [0.15, 0.2) is 24.3 Å². The van der Waals surface area contributed by atoms with Gasteiger partial charge in [0.2, 0.25) is 0 Å². The fourth-order valence-electron chi connectivity index (χ4n) is 1.74. The van der Waals surface area contributed by atoms with Crippen molar-refractivity contribution in [3.8, 4) is 0 Å². The van der Waals surface area contributed by atoms with E-state index in [4.69, 9.17) is 5.11 Å². The average Bonchev–Trinajstić information content (AvgIpc) is 2.25. The lowest BCUT2D eigenvalue weighted by molar-refractivity contribution is -0.158. The monoisotopic (exact) mass is 279 g/mol. The first-order chi connectivity index (χ1) is 8.70. The molecule has 1 rings (SSSR count). The van der Waals surface area contributed by atoms with E-state index in [2.05, 4.69) is 0 Å². The van der Waals surface area contributed by atoms with Gasteiger partial charge in [-0.15, -0.1) is 0 Å². The number of rotatable bonds is 5. The lowest BCUT2D eigenvalue weighted by atomic mass is 10.1. The number of nitrogens with zero attached hydrogens (tertiary/aromatic N) is 1. The molecule has 1 N–H and O–H groups in total. The second-order valence-corrected chi connectivity index (χ2v) is 4.11. The van der Waals surface area contributed by atoms with Gasteiger partial charge >= 0.3 is 12.1 Å². The van der Waals surface area contributed by atoms with E-state index >= 15 is 0 Å². The summed E-state index contributed by atoms with van der Waals surface area (Å²) in [6.07, 6.45) is -4.55. The Morgan fingerprint density at radius 3 is 2.42 bits per heavy atom. The smallest absolute Gasteiger partial charge is 0.401 e. The summed E-state index contributed by atoms with van der Waals surface area (Å²) >= 11 is 0. The van der Waals surface area contributed by atoms with Crippen molar-refractivity contribution in [3.63, 3.8) is 0 Å². The van der Waals surface area contributed by atoms with Crippen LogP contribution in [-0.4, -0.2) is 35.2 Å². The topological polar surface area (TPSA) is 40.5 Å². The van der Waals surface area contributed by atoms with E-state index in [0.29, 0.717) is 4.90 Å². The van der Waals surface area contributed by atoms with Crippen LogP contribution in [-0.2, 0) is 4.79 Å². The molecule has 0 aromatic heterocycles. The Labute approximate surface area is 107 Å². The Bertz CT molecular complexity index is 448. The van der Waals surface area contributed by atoms with Gasteiger partial charge in [-0.2, -0.15) is 13.2 Å². The molecular weight excluding hydrogens is 266 g/mol. The molecule has 0 radical (unpaired) electrons. The first-order valence-corrected chi connectivity index (χ1v) is 5.47. The molecule has 1 aromatic carbocycles. The van der Waals surface area contributed by atoms with Crippen LogP contribution in [0.3, 0.4) is 0 Å². The molecule has 0 bridgehead atoms. The summed E-state index contributed by atoms with van der Waals surface area (Å²) < 4.78 is 50.7. The normalized spacial score (nSPS) is 13.6. The molecule has 0 fully saturated rings. The first kappa shape index (κ1) is 15.4. The van der Waals surface area contributed by atoms with E-state index in [1.54, 1.807) is 0 Å². The number of hydrogen-bond donors (Lipinski definition) is 1. The minimum absolute atomic E-state index is 0.0352. The molecule has 0 heterocycles. The number of hydrogen-bond acceptors (Lipinski definition) is 2. The van der Waals surface area contributed by atoms with Crippen molar-refractivity contribution in [2.45, 2.75) is 19.1 Å². The van der Waals surface area contributed by atoms with Crippen LogP contribution in [0.5, 0.6) is 0 Å². The predicted molar refractivity (Wildman–Crippen MR) is 60.1 cm³/mol. The maximum Gasteiger partial charge on any atom is 0.401 e. The number of carboxylic acid groups (broad SMARTS) is 1. The van der Waals surface area contributed by atoms with Gasteiger partial charge in [-0.05, 0) is 13.0 Å². The highest BCUT2D eigenvalue weighted by Gasteiger charge is 2.34. The number of aliphatic carboxylic acids is 1. The molecule has 0 aliphatic carbocycles. The lowest BCUT2D eigenvalue weighted by Crippen LogP contribution is -2.39. The van der Waals surface area contributed by atoms with Gasteiger partial charge in [-0.1, -0.05) is 18.2 Å². The second kappa shape index (κ2) is 6.01. The Hall–Kier alpha value is -1.63. The number of carbonyl (C=O) groups is 1. The zero-order valence-corrected chi connectivity index (χ0v) is 10.1. The molecule has 0 amide bonds. The van der Waals surface area contributed by atoms with Crippen molar-refractivity contribution in [2.24, 2.45) is 0 Å². The van der Waals surface area contributed by atoms with E-state index in [1.807, 2.05) is 0 Å². The van der Waals surface area contributed by atoms with Crippen molar-refractivity contribution < 1.29 is 27.5 Å². The third kappa shape index (κ3) is 4.86. The molecule has 19 heavy (non-hydrogen) atoms. The van der Waals surface area contributed by atoms with Gasteiger partial charge in [0, 0.05) is 11.6 Å². The predicted octanol–water partition coefficient (Wildman–Crippen LogP) is 2.84. The van der Waals surface area contributed by atoms with Crippen LogP contribution in [0.25, 0.3) is 0 Å². The molecule has 1 aromatic rings. The zero-order chi connectivity index (χ0) is 14.6. The van der Waals surface area contributed by atoms with Crippen molar-refractivity contribution in [1.82, 2.24) is 4.90 Å². The number of alkyl halides is 3. The Kier molecular flexibility index (Phi) is 4.88. The SMILES string of the molecule is CC(c1ccccc1F)N(CC(=O)O)CC(F)(F)F. The van der Waals surface area contributed by atoms with Crippen LogP contribution in [0.4, 0.5) is 17.6 Å². The van der Waals surface area contributed by atoms with Gasteiger partial charge in [0.15, 0.2) is 0 Å². The summed E-state index contributed by atoms with van der Waals surface area (Å²) in [4.78, 5) is 11.3. The third-order valence-electron chi connectivity index (χ3n) is 2.62. The van der Waals surface area contributed by atoms with E-state index in [-0.39, 0.29) is 5.56 Å². The molecule has 0 aliphatic rings. The molecule has 0 aliphatic heterocycles. The fourth-order valence-corrected chi connectivity index (χ4v) is 1.74. The summed E-state index contributed by atoms with van der Waals surface area (Å²) in [5.41, 5.74) is 0.0352. The maximum atomic E-state index is 13.5. The molecular formula is C12H13F4NO2. The van der Waals surface area contributed by atoms with Crippen molar-refractivity contribution in [1.29, 1.82) is 0 Å².